The molecular formula is C20H23N3O2. The zero-order valence-electron chi connectivity index (χ0n) is 14.4. The molecule has 0 radical (unpaired) electrons. The van der Waals surface area contributed by atoms with Crippen molar-refractivity contribution < 1.29 is 9.53 Å². The fourth-order valence-electron chi connectivity index (χ4n) is 2.90. The van der Waals surface area contributed by atoms with Crippen molar-refractivity contribution in [2.45, 2.75) is 19.3 Å². The minimum Gasteiger partial charge on any atom is -0.497 e. The molecule has 0 saturated carbocycles. The highest BCUT2D eigenvalue weighted by Gasteiger charge is 2.10. The summed E-state index contributed by atoms with van der Waals surface area (Å²) in [7, 11) is 1.59. The molecule has 1 saturated heterocycles. The van der Waals surface area contributed by atoms with Gasteiger partial charge in [0.15, 0.2) is 0 Å². The predicted molar refractivity (Wildman–Crippen MR) is 101 cm³/mol. The zero-order chi connectivity index (χ0) is 17.5. The molecule has 1 aliphatic rings. The molecule has 2 aromatic carbocycles. The standard InChI is InChI=1S/C20H23N3O2/c1-25-19-11-7-17(8-12-19)20(24)22-21-15-16-5-9-18(10-6-16)23-13-3-2-4-14-23/h5-12,15H,2-4,13-14H2,1H3,(H,22,24)/b21-15-. The molecule has 5 heteroatoms. The molecular weight excluding hydrogens is 314 g/mol. The summed E-state index contributed by atoms with van der Waals surface area (Å²) in [5.74, 6) is 0.470. The lowest BCUT2D eigenvalue weighted by atomic mass is 10.1. The molecule has 0 atom stereocenters. The van der Waals surface area contributed by atoms with E-state index in [-0.39, 0.29) is 5.91 Å². The lowest BCUT2D eigenvalue weighted by Gasteiger charge is -2.28. The monoisotopic (exact) mass is 337 g/mol. The summed E-state index contributed by atoms with van der Waals surface area (Å²) in [6, 6.07) is 15.2. The van der Waals surface area contributed by atoms with Gasteiger partial charge in [0.1, 0.15) is 5.75 Å². The van der Waals surface area contributed by atoms with Crippen LogP contribution in [-0.4, -0.2) is 32.3 Å². The second kappa shape index (κ2) is 8.33. The first kappa shape index (κ1) is 17.0. The fraction of sp³-hybridized carbons (Fsp3) is 0.300. The number of piperidine rings is 1. The molecule has 5 nitrogen and oxygen atoms in total. The molecule has 130 valence electrons. The third-order valence-electron chi connectivity index (χ3n) is 4.35. The van der Waals surface area contributed by atoms with E-state index in [4.69, 9.17) is 4.74 Å². The van der Waals surface area contributed by atoms with Gasteiger partial charge in [0.25, 0.3) is 5.91 Å². The van der Waals surface area contributed by atoms with Crippen molar-refractivity contribution in [1.82, 2.24) is 5.43 Å². The number of hydrogen-bond donors (Lipinski definition) is 1. The number of carbonyl (C=O) groups is 1. The number of rotatable bonds is 5. The quantitative estimate of drug-likeness (QED) is 0.671. The Morgan fingerprint density at radius 2 is 1.72 bits per heavy atom. The normalized spacial score (nSPS) is 14.5. The summed E-state index contributed by atoms with van der Waals surface area (Å²) < 4.78 is 5.08. The second-order valence-electron chi connectivity index (χ2n) is 6.07. The van der Waals surface area contributed by atoms with E-state index in [1.54, 1.807) is 37.6 Å². The van der Waals surface area contributed by atoms with Gasteiger partial charge in [-0.25, -0.2) is 5.43 Å². The van der Waals surface area contributed by atoms with Gasteiger partial charge >= 0.3 is 0 Å². The number of hydrogen-bond acceptors (Lipinski definition) is 4. The van der Waals surface area contributed by atoms with Gasteiger partial charge in [-0.15, -0.1) is 0 Å². The molecule has 1 amide bonds. The van der Waals surface area contributed by atoms with E-state index >= 15 is 0 Å². The van der Waals surface area contributed by atoms with Crippen LogP contribution in [0.1, 0.15) is 35.2 Å². The van der Waals surface area contributed by atoms with Crippen LogP contribution in [0, 0.1) is 0 Å². The van der Waals surface area contributed by atoms with Gasteiger partial charge in [0.2, 0.25) is 0 Å². The van der Waals surface area contributed by atoms with E-state index in [0.717, 1.165) is 18.7 Å². The second-order valence-corrected chi connectivity index (χ2v) is 6.07. The summed E-state index contributed by atoms with van der Waals surface area (Å²) in [4.78, 5) is 14.4. The Hall–Kier alpha value is -2.82. The van der Waals surface area contributed by atoms with Crippen molar-refractivity contribution >= 4 is 17.8 Å². The molecule has 0 unspecified atom stereocenters. The Balaban J connectivity index is 1.55. The molecule has 1 heterocycles. The van der Waals surface area contributed by atoms with Crippen LogP contribution in [0.25, 0.3) is 0 Å². The van der Waals surface area contributed by atoms with Crippen molar-refractivity contribution in [3.05, 3.63) is 59.7 Å². The Morgan fingerprint density at radius 3 is 2.36 bits per heavy atom. The van der Waals surface area contributed by atoms with Gasteiger partial charge in [-0.3, -0.25) is 4.79 Å². The first-order valence-corrected chi connectivity index (χ1v) is 8.59. The van der Waals surface area contributed by atoms with Gasteiger partial charge in [-0.05, 0) is 61.2 Å². The van der Waals surface area contributed by atoms with Gasteiger partial charge in [-0.2, -0.15) is 5.10 Å². The Labute approximate surface area is 148 Å². The molecule has 1 fully saturated rings. The SMILES string of the molecule is COc1ccc(C(=O)N/N=C\c2ccc(N3CCCCC3)cc2)cc1. The molecule has 2 aromatic rings. The summed E-state index contributed by atoms with van der Waals surface area (Å²) in [5, 5.41) is 4.03. The molecule has 0 spiro atoms. The molecule has 0 aliphatic carbocycles. The number of amides is 1. The van der Waals surface area contributed by atoms with Crippen LogP contribution in [0.15, 0.2) is 53.6 Å². The van der Waals surface area contributed by atoms with Crippen LogP contribution in [0.3, 0.4) is 0 Å². The van der Waals surface area contributed by atoms with Crippen molar-refractivity contribution in [2.24, 2.45) is 5.10 Å². The number of ether oxygens (including phenoxy) is 1. The molecule has 1 aliphatic heterocycles. The topological polar surface area (TPSA) is 53.9 Å². The lowest BCUT2D eigenvalue weighted by molar-refractivity contribution is 0.0955. The Bertz CT molecular complexity index is 718. The van der Waals surface area contributed by atoms with Crippen LogP contribution >= 0.6 is 0 Å². The van der Waals surface area contributed by atoms with Crippen molar-refractivity contribution in [3.63, 3.8) is 0 Å². The maximum Gasteiger partial charge on any atom is 0.271 e. The molecule has 1 N–H and O–H groups in total. The zero-order valence-corrected chi connectivity index (χ0v) is 14.4. The molecule has 0 aromatic heterocycles. The largest absolute Gasteiger partial charge is 0.497 e. The van der Waals surface area contributed by atoms with E-state index in [2.05, 4.69) is 27.6 Å². The number of nitrogens with zero attached hydrogens (tertiary/aromatic N) is 2. The highest BCUT2D eigenvalue weighted by Crippen LogP contribution is 2.19. The van der Waals surface area contributed by atoms with Crippen LogP contribution in [0.5, 0.6) is 5.75 Å². The van der Waals surface area contributed by atoms with E-state index in [0.29, 0.717) is 11.3 Å². The minimum atomic E-state index is -0.246. The summed E-state index contributed by atoms with van der Waals surface area (Å²) >= 11 is 0. The van der Waals surface area contributed by atoms with Crippen molar-refractivity contribution in [2.75, 3.05) is 25.1 Å². The van der Waals surface area contributed by atoms with Gasteiger partial charge in [0.05, 0.1) is 13.3 Å². The minimum absolute atomic E-state index is 0.246. The number of benzene rings is 2. The Morgan fingerprint density at radius 1 is 1.04 bits per heavy atom. The van der Waals surface area contributed by atoms with Crippen LogP contribution < -0.4 is 15.1 Å². The summed E-state index contributed by atoms with van der Waals surface area (Å²) in [5.41, 5.74) is 5.29. The first-order valence-electron chi connectivity index (χ1n) is 8.59. The molecule has 25 heavy (non-hydrogen) atoms. The Kier molecular flexibility index (Phi) is 5.67. The summed E-state index contributed by atoms with van der Waals surface area (Å²) in [6.07, 6.45) is 5.51. The van der Waals surface area contributed by atoms with E-state index in [1.165, 1.54) is 24.9 Å². The van der Waals surface area contributed by atoms with Gasteiger partial charge in [0, 0.05) is 24.3 Å². The van der Waals surface area contributed by atoms with Crippen LogP contribution in [0.4, 0.5) is 5.69 Å². The average Bonchev–Trinajstić information content (AvgIpc) is 2.69. The number of nitrogens with one attached hydrogen (secondary N) is 1. The third kappa shape index (κ3) is 4.59. The average molecular weight is 337 g/mol. The highest BCUT2D eigenvalue weighted by molar-refractivity contribution is 5.95. The van der Waals surface area contributed by atoms with E-state index in [1.807, 2.05) is 12.1 Å². The van der Waals surface area contributed by atoms with Gasteiger partial charge in [-0.1, -0.05) is 12.1 Å². The number of hydrazone groups is 1. The fourth-order valence-corrected chi connectivity index (χ4v) is 2.90. The van der Waals surface area contributed by atoms with Crippen molar-refractivity contribution in [3.8, 4) is 5.75 Å². The third-order valence-corrected chi connectivity index (χ3v) is 4.35. The van der Waals surface area contributed by atoms with Gasteiger partial charge < -0.3 is 9.64 Å². The van der Waals surface area contributed by atoms with Crippen molar-refractivity contribution in [1.29, 1.82) is 0 Å². The maximum absolute atomic E-state index is 12.0. The summed E-state index contributed by atoms with van der Waals surface area (Å²) in [6.45, 7) is 2.26. The van der Waals surface area contributed by atoms with E-state index < -0.39 is 0 Å². The van der Waals surface area contributed by atoms with Crippen LogP contribution in [0.2, 0.25) is 0 Å². The first-order chi connectivity index (χ1) is 12.3. The predicted octanol–water partition coefficient (Wildman–Crippen LogP) is 3.45. The highest BCUT2D eigenvalue weighted by atomic mass is 16.5. The lowest BCUT2D eigenvalue weighted by Crippen LogP contribution is -2.29. The number of anilines is 1. The molecule has 0 bridgehead atoms. The van der Waals surface area contributed by atoms with Crippen LogP contribution in [-0.2, 0) is 0 Å². The number of methoxy groups -OCH3 is 1. The maximum atomic E-state index is 12.0. The smallest absolute Gasteiger partial charge is 0.271 e. The van der Waals surface area contributed by atoms with E-state index in [9.17, 15) is 4.79 Å². The number of carbonyl (C=O) groups excluding carboxylic acids is 1. The molecule has 3 rings (SSSR count).